The molecule has 258 valence electrons. The summed E-state index contributed by atoms with van der Waals surface area (Å²) in [5.74, 6) is -1.98. The maximum Gasteiger partial charge on any atom is 0.426 e. The zero-order valence-corrected chi connectivity index (χ0v) is 28.8. The van der Waals surface area contributed by atoms with E-state index in [1.807, 2.05) is 0 Å². The van der Waals surface area contributed by atoms with Gasteiger partial charge in [0.15, 0.2) is 0 Å². The zero-order chi connectivity index (χ0) is 35.5. The number of nitrogen functional groups attached to an aromatic ring is 1. The molecule has 2 fully saturated rings. The molecule has 0 spiro atoms. The fourth-order valence-corrected chi connectivity index (χ4v) is 6.39. The van der Waals surface area contributed by atoms with Crippen molar-refractivity contribution in [3.05, 3.63) is 70.0 Å². The number of carbonyl (C=O) groups is 5. The first-order valence-electron chi connectivity index (χ1n) is 15.6. The molecule has 0 saturated heterocycles. The number of amides is 5. The highest BCUT2D eigenvalue weighted by Crippen LogP contribution is 2.45. The molecule has 14 nitrogen and oxygen atoms in total. The monoisotopic (exact) mass is 710 g/mol. The summed E-state index contributed by atoms with van der Waals surface area (Å²) in [6.07, 6.45) is 2.03. The van der Waals surface area contributed by atoms with Crippen molar-refractivity contribution < 1.29 is 28.7 Å². The number of imidazole rings is 1. The van der Waals surface area contributed by atoms with Gasteiger partial charge in [0, 0.05) is 22.2 Å². The predicted octanol–water partition coefficient (Wildman–Crippen LogP) is 3.88. The minimum absolute atomic E-state index is 0.0523. The van der Waals surface area contributed by atoms with E-state index in [9.17, 15) is 24.0 Å². The maximum absolute atomic E-state index is 14.3. The van der Waals surface area contributed by atoms with Gasteiger partial charge in [0.05, 0.1) is 11.9 Å². The number of hydrogen-bond acceptors (Lipinski definition) is 8. The largest absolute Gasteiger partial charge is 0.443 e. The lowest BCUT2D eigenvalue weighted by atomic mass is 9.91. The fourth-order valence-electron chi connectivity index (χ4n) is 5.88. The van der Waals surface area contributed by atoms with Crippen molar-refractivity contribution in [2.45, 2.75) is 82.0 Å². The number of hydrazine groups is 1. The van der Waals surface area contributed by atoms with Gasteiger partial charge in [0.2, 0.25) is 11.9 Å². The smallest absolute Gasteiger partial charge is 0.426 e. The van der Waals surface area contributed by atoms with Crippen LogP contribution in [-0.2, 0) is 31.1 Å². The highest BCUT2D eigenvalue weighted by Gasteiger charge is 2.59. The van der Waals surface area contributed by atoms with Gasteiger partial charge in [-0.1, -0.05) is 35.3 Å². The van der Waals surface area contributed by atoms with Crippen LogP contribution < -0.4 is 32.1 Å². The van der Waals surface area contributed by atoms with E-state index in [1.165, 1.54) is 11.1 Å². The molecule has 16 heteroatoms. The van der Waals surface area contributed by atoms with E-state index in [4.69, 9.17) is 33.7 Å². The van der Waals surface area contributed by atoms with Gasteiger partial charge in [0.25, 0.3) is 17.7 Å². The highest BCUT2D eigenvalue weighted by atomic mass is 35.5. The number of benzene rings is 2. The van der Waals surface area contributed by atoms with Gasteiger partial charge in [0.1, 0.15) is 27.9 Å². The molecule has 5 amide bonds. The third-order valence-electron chi connectivity index (χ3n) is 8.72. The number of halogens is 2. The van der Waals surface area contributed by atoms with Gasteiger partial charge < -0.3 is 21.1 Å². The maximum atomic E-state index is 14.3. The van der Waals surface area contributed by atoms with Gasteiger partial charge in [-0.3, -0.25) is 29.2 Å². The summed E-state index contributed by atoms with van der Waals surface area (Å²) in [4.78, 5) is 72.6. The number of anilines is 3. The number of hydrogen-bond donors (Lipinski definition) is 5. The van der Waals surface area contributed by atoms with E-state index in [2.05, 4.69) is 26.5 Å². The van der Waals surface area contributed by atoms with Crippen LogP contribution in [0.25, 0.3) is 0 Å². The average Bonchev–Trinajstić information content (AvgIpc) is 3.91. The van der Waals surface area contributed by atoms with Crippen molar-refractivity contribution in [2.75, 3.05) is 10.6 Å². The number of nitrogens with one attached hydrogen (secondary N) is 4. The molecule has 0 unspecified atom stereocenters. The second-order valence-electron chi connectivity index (χ2n) is 13.9. The summed E-state index contributed by atoms with van der Waals surface area (Å²) in [6.45, 7) is 6.76. The van der Waals surface area contributed by atoms with Crippen molar-refractivity contribution in [3.63, 3.8) is 0 Å². The molecule has 2 aliphatic carbocycles. The van der Waals surface area contributed by atoms with Gasteiger partial charge in [-0.15, -0.1) is 0 Å². The van der Waals surface area contributed by atoms with Crippen LogP contribution in [-0.4, -0.2) is 56.0 Å². The SMILES string of the molecule is CC(C)(C)OC(=O)NNC(=O)C1(NC(=O)C2(NC(=O)c3cnc4n3[C@](C)(Cc3ccc(N)cc3)C(=O)N4c3cc(Cl)cc(Cl)c3)CC2)CC1. The number of nitrogens with zero attached hydrogens (tertiary/aromatic N) is 3. The second-order valence-corrected chi connectivity index (χ2v) is 14.8. The number of rotatable bonds is 8. The average molecular weight is 712 g/mol. The molecular weight excluding hydrogens is 675 g/mol. The second kappa shape index (κ2) is 11.9. The molecule has 3 aromatic rings. The third-order valence-corrected chi connectivity index (χ3v) is 9.16. The first-order chi connectivity index (χ1) is 23.0. The van der Waals surface area contributed by atoms with Crippen LogP contribution in [0.3, 0.4) is 0 Å². The molecular formula is C33H36Cl2N8O6. The first kappa shape index (κ1) is 34.1. The minimum Gasteiger partial charge on any atom is -0.443 e. The number of fused-ring (bicyclic) bond motifs is 1. The van der Waals surface area contributed by atoms with E-state index < -0.39 is 46.0 Å². The normalized spacial score (nSPS) is 19.8. The molecule has 0 bridgehead atoms. The van der Waals surface area contributed by atoms with Crippen LogP contribution in [0, 0.1) is 0 Å². The Balaban J connectivity index is 1.24. The van der Waals surface area contributed by atoms with Crippen molar-refractivity contribution in [1.82, 2.24) is 31.0 Å². The van der Waals surface area contributed by atoms with Gasteiger partial charge in [-0.05, 0) is 89.3 Å². The van der Waals surface area contributed by atoms with Gasteiger partial charge in [-0.2, -0.15) is 0 Å². The highest BCUT2D eigenvalue weighted by molar-refractivity contribution is 6.35. The molecule has 1 aliphatic heterocycles. The Kier molecular flexibility index (Phi) is 8.31. The summed E-state index contributed by atoms with van der Waals surface area (Å²) in [5, 5.41) is 6.22. The van der Waals surface area contributed by atoms with Crippen molar-refractivity contribution in [2.24, 2.45) is 0 Å². The molecule has 2 aromatic carbocycles. The summed E-state index contributed by atoms with van der Waals surface area (Å²) in [6, 6.07) is 11.8. The van der Waals surface area contributed by atoms with E-state index in [0.717, 1.165) is 5.56 Å². The molecule has 3 aliphatic rings. The zero-order valence-electron chi connectivity index (χ0n) is 27.3. The van der Waals surface area contributed by atoms with Gasteiger partial charge in [-0.25, -0.2) is 20.1 Å². The van der Waals surface area contributed by atoms with Crippen LogP contribution >= 0.6 is 23.2 Å². The molecule has 0 radical (unpaired) electrons. The summed E-state index contributed by atoms with van der Waals surface area (Å²) < 4.78 is 6.69. The van der Waals surface area contributed by atoms with Crippen LogP contribution in [0.2, 0.25) is 10.0 Å². The Labute approximate surface area is 292 Å². The summed E-state index contributed by atoms with van der Waals surface area (Å²) in [7, 11) is 0. The molecule has 1 atom stereocenters. The van der Waals surface area contributed by atoms with Crippen LogP contribution in [0.1, 0.15) is 69.4 Å². The Hall–Kier alpha value is -4.82. The summed E-state index contributed by atoms with van der Waals surface area (Å²) in [5.41, 5.74) is 7.53. The lowest BCUT2D eigenvalue weighted by Crippen LogP contribution is -2.59. The Bertz CT molecular complexity index is 1860. The number of aromatic nitrogens is 2. The Morgan fingerprint density at radius 2 is 1.51 bits per heavy atom. The van der Waals surface area contributed by atoms with Crippen molar-refractivity contribution in [1.29, 1.82) is 0 Å². The number of ether oxygens (including phenoxy) is 1. The van der Waals surface area contributed by atoms with E-state index in [0.29, 0.717) is 47.1 Å². The standard InChI is InChI=1S/C33H36Cl2N8O6/c1-30(2,3)49-29(48)41-40-26(46)33(11-12-33)39-25(45)32(9-10-32)38-24(44)23-17-37-28-42(22-14-19(34)13-20(35)15-22)27(47)31(4,43(23)28)16-18-5-7-21(36)8-6-18/h5-8,13-15,17H,9-12,16,36H2,1-4H3,(H,38,44)(H,39,45)(H,40,46)(H,41,48)/t31-/m1/s1. The number of nitrogens with two attached hydrogens (primary N) is 1. The Morgan fingerprint density at radius 1 is 0.918 bits per heavy atom. The van der Waals surface area contributed by atoms with Crippen molar-refractivity contribution in [3.8, 4) is 0 Å². The van der Waals surface area contributed by atoms with E-state index in [-0.39, 0.29) is 24.0 Å². The third kappa shape index (κ3) is 6.62. The quantitative estimate of drug-likeness (QED) is 0.172. The molecule has 2 saturated carbocycles. The first-order valence-corrected chi connectivity index (χ1v) is 16.4. The van der Waals surface area contributed by atoms with E-state index in [1.54, 1.807) is 74.7 Å². The molecule has 6 rings (SSSR count). The van der Waals surface area contributed by atoms with Crippen molar-refractivity contribution >= 4 is 70.2 Å². The van der Waals surface area contributed by atoms with Crippen LogP contribution in [0.5, 0.6) is 0 Å². The van der Waals surface area contributed by atoms with E-state index >= 15 is 0 Å². The predicted molar refractivity (Wildman–Crippen MR) is 181 cm³/mol. The summed E-state index contributed by atoms with van der Waals surface area (Å²) >= 11 is 12.6. The number of carbonyl (C=O) groups excluding carboxylic acids is 5. The molecule has 1 aromatic heterocycles. The van der Waals surface area contributed by atoms with Crippen LogP contribution in [0.4, 0.5) is 22.1 Å². The topological polar surface area (TPSA) is 190 Å². The molecule has 6 N–H and O–H groups in total. The fraction of sp³-hybridized carbons (Fsp3) is 0.394. The lowest BCUT2D eigenvalue weighted by Gasteiger charge is -2.27. The molecule has 2 heterocycles. The Morgan fingerprint density at radius 3 is 2.08 bits per heavy atom. The van der Waals surface area contributed by atoms with Crippen LogP contribution in [0.15, 0.2) is 48.7 Å². The minimum atomic E-state index is -1.33. The molecule has 49 heavy (non-hydrogen) atoms. The van der Waals surface area contributed by atoms with Gasteiger partial charge >= 0.3 is 6.09 Å². The lowest BCUT2D eigenvalue weighted by molar-refractivity contribution is -0.132.